The molecule has 5 nitrogen and oxygen atoms in total. The second kappa shape index (κ2) is 4.38. The maximum atomic E-state index is 11.5. The molecule has 1 fully saturated rings. The summed E-state index contributed by atoms with van der Waals surface area (Å²) >= 11 is 0. The Balaban J connectivity index is 1.96. The number of urea groups is 1. The van der Waals surface area contributed by atoms with Gasteiger partial charge in [0.05, 0.1) is 6.26 Å². The van der Waals surface area contributed by atoms with Crippen LogP contribution in [0.15, 0.2) is 22.8 Å². The molecule has 1 aliphatic rings. The first kappa shape index (κ1) is 10.7. The Morgan fingerprint density at radius 1 is 1.56 bits per heavy atom. The lowest BCUT2D eigenvalue weighted by atomic mass is 10.1. The molecule has 1 N–H and O–H groups in total. The SMILES string of the molecule is CC(Cc1ccco1)N1CCC(=O)NC1=O. The topological polar surface area (TPSA) is 62.6 Å². The van der Waals surface area contributed by atoms with E-state index in [4.69, 9.17) is 4.42 Å². The number of imide groups is 1. The van der Waals surface area contributed by atoms with Crippen molar-refractivity contribution in [1.82, 2.24) is 10.2 Å². The number of carbonyl (C=O) groups is 2. The summed E-state index contributed by atoms with van der Waals surface area (Å²) in [6.45, 7) is 2.42. The van der Waals surface area contributed by atoms with Crippen molar-refractivity contribution in [3.63, 3.8) is 0 Å². The molecule has 86 valence electrons. The van der Waals surface area contributed by atoms with Gasteiger partial charge in [-0.2, -0.15) is 0 Å². The minimum atomic E-state index is -0.310. The largest absolute Gasteiger partial charge is 0.469 e. The third kappa shape index (κ3) is 2.24. The van der Waals surface area contributed by atoms with Gasteiger partial charge in [-0.05, 0) is 19.1 Å². The molecular weight excluding hydrogens is 208 g/mol. The van der Waals surface area contributed by atoms with Crippen LogP contribution >= 0.6 is 0 Å². The van der Waals surface area contributed by atoms with Crippen LogP contribution in [0.25, 0.3) is 0 Å². The number of hydrogen-bond donors (Lipinski definition) is 1. The zero-order valence-corrected chi connectivity index (χ0v) is 9.10. The third-order valence-electron chi connectivity index (χ3n) is 2.70. The lowest BCUT2D eigenvalue weighted by Crippen LogP contribution is -2.53. The number of amides is 3. The summed E-state index contributed by atoms with van der Waals surface area (Å²) < 4.78 is 5.23. The summed E-state index contributed by atoms with van der Waals surface area (Å²) in [6, 6.07) is 3.42. The Morgan fingerprint density at radius 3 is 3.00 bits per heavy atom. The average Bonchev–Trinajstić information content (AvgIpc) is 2.70. The van der Waals surface area contributed by atoms with E-state index in [1.165, 1.54) is 0 Å². The first-order valence-corrected chi connectivity index (χ1v) is 5.29. The lowest BCUT2D eigenvalue weighted by Gasteiger charge is -2.31. The molecule has 2 rings (SSSR count). The monoisotopic (exact) mass is 222 g/mol. The van der Waals surface area contributed by atoms with E-state index in [0.29, 0.717) is 19.4 Å². The summed E-state index contributed by atoms with van der Waals surface area (Å²) in [5.74, 6) is 0.642. The first-order valence-electron chi connectivity index (χ1n) is 5.29. The zero-order valence-electron chi connectivity index (χ0n) is 9.10. The fourth-order valence-electron chi connectivity index (χ4n) is 1.83. The molecule has 0 bridgehead atoms. The number of carbonyl (C=O) groups excluding carboxylic acids is 2. The normalized spacial score (nSPS) is 18.4. The molecular formula is C11H14N2O3. The Kier molecular flexibility index (Phi) is 2.94. The van der Waals surface area contributed by atoms with E-state index in [9.17, 15) is 9.59 Å². The van der Waals surface area contributed by atoms with Gasteiger partial charge in [0.15, 0.2) is 0 Å². The number of hydrogen-bond acceptors (Lipinski definition) is 3. The van der Waals surface area contributed by atoms with E-state index < -0.39 is 0 Å². The van der Waals surface area contributed by atoms with E-state index in [0.717, 1.165) is 5.76 Å². The minimum Gasteiger partial charge on any atom is -0.469 e. The summed E-state index contributed by atoms with van der Waals surface area (Å²) in [5.41, 5.74) is 0. The molecule has 1 aromatic heterocycles. The number of nitrogens with one attached hydrogen (secondary N) is 1. The smallest absolute Gasteiger partial charge is 0.324 e. The highest BCUT2D eigenvalue weighted by molar-refractivity contribution is 5.96. The van der Waals surface area contributed by atoms with Crippen LogP contribution in [-0.2, 0) is 11.2 Å². The molecule has 1 atom stereocenters. The fourth-order valence-corrected chi connectivity index (χ4v) is 1.83. The van der Waals surface area contributed by atoms with Crippen molar-refractivity contribution in [3.8, 4) is 0 Å². The molecule has 1 unspecified atom stereocenters. The van der Waals surface area contributed by atoms with Gasteiger partial charge >= 0.3 is 6.03 Å². The minimum absolute atomic E-state index is 0.0271. The lowest BCUT2D eigenvalue weighted by molar-refractivity contribution is -0.121. The van der Waals surface area contributed by atoms with Crippen molar-refractivity contribution in [1.29, 1.82) is 0 Å². The van der Waals surface area contributed by atoms with Crippen LogP contribution in [0.2, 0.25) is 0 Å². The van der Waals surface area contributed by atoms with Crippen LogP contribution in [0.5, 0.6) is 0 Å². The van der Waals surface area contributed by atoms with Gasteiger partial charge in [-0.25, -0.2) is 4.79 Å². The molecule has 0 saturated carbocycles. The van der Waals surface area contributed by atoms with Crippen molar-refractivity contribution in [3.05, 3.63) is 24.2 Å². The van der Waals surface area contributed by atoms with Gasteiger partial charge in [-0.3, -0.25) is 10.1 Å². The maximum Gasteiger partial charge on any atom is 0.324 e. The molecule has 5 heteroatoms. The predicted octanol–water partition coefficient (Wildman–Crippen LogP) is 1.15. The van der Waals surface area contributed by atoms with E-state index in [1.807, 2.05) is 19.1 Å². The van der Waals surface area contributed by atoms with Crippen molar-refractivity contribution in [2.75, 3.05) is 6.54 Å². The highest BCUT2D eigenvalue weighted by atomic mass is 16.3. The summed E-state index contributed by atoms with van der Waals surface area (Å²) in [4.78, 5) is 24.2. The second-order valence-corrected chi connectivity index (χ2v) is 3.93. The first-order chi connectivity index (χ1) is 7.66. The molecule has 2 heterocycles. The standard InChI is InChI=1S/C11H14N2O3/c1-8(7-9-3-2-6-16-9)13-5-4-10(14)12-11(13)15/h2-3,6,8H,4-5,7H2,1H3,(H,12,14,15). The van der Waals surface area contributed by atoms with Crippen LogP contribution in [0.3, 0.4) is 0 Å². The molecule has 0 aromatic carbocycles. The molecule has 0 radical (unpaired) electrons. The molecule has 1 aliphatic heterocycles. The van der Waals surface area contributed by atoms with Gasteiger partial charge in [-0.15, -0.1) is 0 Å². The zero-order chi connectivity index (χ0) is 11.5. The molecule has 3 amide bonds. The second-order valence-electron chi connectivity index (χ2n) is 3.93. The quantitative estimate of drug-likeness (QED) is 0.834. The Morgan fingerprint density at radius 2 is 2.38 bits per heavy atom. The number of nitrogens with zero attached hydrogens (tertiary/aromatic N) is 1. The number of rotatable bonds is 3. The molecule has 1 aromatic rings. The van der Waals surface area contributed by atoms with Crippen LogP contribution in [0, 0.1) is 0 Å². The Labute approximate surface area is 93.4 Å². The van der Waals surface area contributed by atoms with Gasteiger partial charge in [0.25, 0.3) is 0 Å². The van der Waals surface area contributed by atoms with Crippen LogP contribution < -0.4 is 5.32 Å². The van der Waals surface area contributed by atoms with Crippen molar-refractivity contribution >= 4 is 11.9 Å². The van der Waals surface area contributed by atoms with E-state index in [-0.39, 0.29) is 18.0 Å². The van der Waals surface area contributed by atoms with Crippen LogP contribution in [-0.4, -0.2) is 29.4 Å². The third-order valence-corrected chi connectivity index (χ3v) is 2.70. The van der Waals surface area contributed by atoms with Gasteiger partial charge in [0.1, 0.15) is 5.76 Å². The van der Waals surface area contributed by atoms with Crippen molar-refractivity contribution < 1.29 is 14.0 Å². The Bertz CT molecular complexity index is 386. The Hall–Kier alpha value is -1.78. The molecule has 16 heavy (non-hydrogen) atoms. The van der Waals surface area contributed by atoms with E-state index in [1.54, 1.807) is 11.2 Å². The summed E-state index contributed by atoms with van der Waals surface area (Å²) in [5, 5.41) is 2.31. The molecule has 0 spiro atoms. The molecule has 1 saturated heterocycles. The molecule has 0 aliphatic carbocycles. The summed E-state index contributed by atoms with van der Waals surface area (Å²) in [6.07, 6.45) is 2.64. The maximum absolute atomic E-state index is 11.5. The van der Waals surface area contributed by atoms with Gasteiger partial charge in [0.2, 0.25) is 5.91 Å². The highest BCUT2D eigenvalue weighted by Crippen LogP contribution is 2.12. The van der Waals surface area contributed by atoms with Gasteiger partial charge < -0.3 is 9.32 Å². The predicted molar refractivity (Wildman–Crippen MR) is 56.7 cm³/mol. The van der Waals surface area contributed by atoms with Crippen molar-refractivity contribution in [2.24, 2.45) is 0 Å². The van der Waals surface area contributed by atoms with Gasteiger partial charge in [0, 0.05) is 25.4 Å². The highest BCUT2D eigenvalue weighted by Gasteiger charge is 2.27. The average molecular weight is 222 g/mol. The van der Waals surface area contributed by atoms with E-state index >= 15 is 0 Å². The van der Waals surface area contributed by atoms with Crippen molar-refractivity contribution in [2.45, 2.75) is 25.8 Å². The fraction of sp³-hybridized carbons (Fsp3) is 0.455. The van der Waals surface area contributed by atoms with Crippen LogP contribution in [0.1, 0.15) is 19.1 Å². The van der Waals surface area contributed by atoms with Crippen LogP contribution in [0.4, 0.5) is 4.79 Å². The number of furan rings is 1. The van der Waals surface area contributed by atoms with E-state index in [2.05, 4.69) is 5.32 Å². The summed E-state index contributed by atoms with van der Waals surface area (Å²) in [7, 11) is 0. The van der Waals surface area contributed by atoms with Gasteiger partial charge in [-0.1, -0.05) is 0 Å².